The Morgan fingerprint density at radius 3 is 2.50 bits per heavy atom. The molecule has 2 aromatic rings. The van der Waals surface area contributed by atoms with E-state index in [4.69, 9.17) is 4.74 Å². The van der Waals surface area contributed by atoms with Crippen molar-refractivity contribution in [2.75, 3.05) is 33.3 Å². The van der Waals surface area contributed by atoms with Gasteiger partial charge in [-0.25, -0.2) is 4.79 Å². The van der Waals surface area contributed by atoms with E-state index in [9.17, 15) is 19.5 Å². The first kappa shape index (κ1) is 23.6. The lowest BCUT2D eigenvalue weighted by Gasteiger charge is -2.43. The van der Waals surface area contributed by atoms with Gasteiger partial charge in [-0.15, -0.1) is 0 Å². The Bertz CT molecular complexity index is 1020. The van der Waals surface area contributed by atoms with Gasteiger partial charge in [0.15, 0.2) is 0 Å². The lowest BCUT2D eigenvalue weighted by atomic mass is 9.69. The SMILES string of the molecule is CN1C[C@@H](c2ccccc2)[C@@]2(CCCN(C(=O)[C@@H](CCOc3ccccc3)NC(=O)O)C2)C1=O. The molecule has 3 atom stereocenters. The lowest BCUT2D eigenvalue weighted by Crippen LogP contribution is -2.56. The molecule has 0 aromatic heterocycles. The van der Waals surface area contributed by atoms with Crippen LogP contribution in [0.2, 0.25) is 0 Å². The van der Waals surface area contributed by atoms with Crippen LogP contribution in [0.15, 0.2) is 60.7 Å². The number of likely N-dealkylation sites (N-methyl/N-ethyl adjacent to an activating group) is 1. The van der Waals surface area contributed by atoms with E-state index in [1.807, 2.05) is 67.7 Å². The first-order valence-corrected chi connectivity index (χ1v) is 11.7. The molecule has 34 heavy (non-hydrogen) atoms. The lowest BCUT2D eigenvalue weighted by molar-refractivity contribution is -0.144. The number of ether oxygens (including phenoxy) is 1. The number of para-hydroxylation sites is 1. The van der Waals surface area contributed by atoms with Crippen LogP contribution in [0.1, 0.15) is 30.7 Å². The summed E-state index contributed by atoms with van der Waals surface area (Å²) < 4.78 is 5.69. The van der Waals surface area contributed by atoms with Gasteiger partial charge in [0.1, 0.15) is 11.8 Å². The van der Waals surface area contributed by atoms with Gasteiger partial charge >= 0.3 is 6.09 Å². The molecule has 0 radical (unpaired) electrons. The van der Waals surface area contributed by atoms with Crippen molar-refractivity contribution in [1.82, 2.24) is 15.1 Å². The zero-order valence-electron chi connectivity index (χ0n) is 19.4. The monoisotopic (exact) mass is 465 g/mol. The maximum atomic E-state index is 13.5. The number of carbonyl (C=O) groups excluding carboxylic acids is 2. The van der Waals surface area contributed by atoms with Crippen LogP contribution in [0.5, 0.6) is 5.75 Å². The Morgan fingerprint density at radius 1 is 1.15 bits per heavy atom. The van der Waals surface area contributed by atoms with Crippen molar-refractivity contribution >= 4 is 17.9 Å². The highest BCUT2D eigenvalue weighted by Gasteiger charge is 2.55. The van der Waals surface area contributed by atoms with Crippen molar-refractivity contribution in [3.63, 3.8) is 0 Å². The molecule has 1 spiro atoms. The van der Waals surface area contributed by atoms with Crippen molar-refractivity contribution in [1.29, 1.82) is 0 Å². The standard InChI is InChI=1S/C26H31N3O5/c1-28-17-21(19-9-4-2-5-10-19)26(24(28)31)14-8-15-29(18-26)23(30)22(27-25(32)33)13-16-34-20-11-6-3-7-12-20/h2-7,9-12,21-22,27H,8,13-18H2,1H3,(H,32,33)/t21-,22+,26-/m0/s1. The maximum Gasteiger partial charge on any atom is 0.405 e. The molecule has 8 heteroatoms. The van der Waals surface area contributed by atoms with Crippen molar-refractivity contribution in [2.45, 2.75) is 31.2 Å². The number of carboxylic acid groups (broad SMARTS) is 1. The summed E-state index contributed by atoms with van der Waals surface area (Å²) in [7, 11) is 1.81. The number of nitrogens with one attached hydrogen (secondary N) is 1. The van der Waals surface area contributed by atoms with Crippen LogP contribution in [0.25, 0.3) is 0 Å². The normalized spacial score (nSPS) is 23.1. The summed E-state index contributed by atoms with van der Waals surface area (Å²) in [5.74, 6) is 0.377. The van der Waals surface area contributed by atoms with Gasteiger partial charge in [0, 0.05) is 39.0 Å². The van der Waals surface area contributed by atoms with E-state index >= 15 is 0 Å². The van der Waals surface area contributed by atoms with E-state index in [-0.39, 0.29) is 37.3 Å². The first-order valence-electron chi connectivity index (χ1n) is 11.7. The second-order valence-electron chi connectivity index (χ2n) is 9.12. The molecular weight excluding hydrogens is 434 g/mol. The summed E-state index contributed by atoms with van der Waals surface area (Å²) >= 11 is 0. The summed E-state index contributed by atoms with van der Waals surface area (Å²) in [6, 6.07) is 18.2. The number of hydrogen-bond donors (Lipinski definition) is 2. The number of nitrogens with zero attached hydrogens (tertiary/aromatic N) is 2. The third kappa shape index (κ3) is 4.85. The van der Waals surface area contributed by atoms with Gasteiger partial charge in [-0.05, 0) is 30.5 Å². The van der Waals surface area contributed by atoms with E-state index in [0.717, 1.165) is 5.56 Å². The summed E-state index contributed by atoms with van der Waals surface area (Å²) in [6.45, 7) is 1.57. The highest BCUT2D eigenvalue weighted by atomic mass is 16.5. The van der Waals surface area contributed by atoms with Gasteiger partial charge in [0.05, 0.1) is 12.0 Å². The molecule has 2 N–H and O–H groups in total. The summed E-state index contributed by atoms with van der Waals surface area (Å²) in [4.78, 5) is 41.7. The molecule has 2 heterocycles. The van der Waals surface area contributed by atoms with Crippen LogP contribution in [0, 0.1) is 5.41 Å². The fourth-order valence-electron chi connectivity index (χ4n) is 5.34. The van der Waals surface area contributed by atoms with Gasteiger partial charge in [0.25, 0.3) is 0 Å². The Hall–Kier alpha value is -3.55. The van der Waals surface area contributed by atoms with E-state index in [2.05, 4.69) is 5.32 Å². The highest BCUT2D eigenvalue weighted by molar-refractivity contribution is 5.89. The molecule has 0 bridgehead atoms. The molecule has 2 saturated heterocycles. The Balaban J connectivity index is 1.50. The number of benzene rings is 2. The van der Waals surface area contributed by atoms with E-state index in [0.29, 0.717) is 31.7 Å². The van der Waals surface area contributed by atoms with Crippen molar-refractivity contribution < 1.29 is 24.2 Å². The van der Waals surface area contributed by atoms with Crippen LogP contribution >= 0.6 is 0 Å². The van der Waals surface area contributed by atoms with Gasteiger partial charge in [0.2, 0.25) is 11.8 Å². The van der Waals surface area contributed by atoms with E-state index in [1.165, 1.54) is 0 Å². The average molecular weight is 466 g/mol. The Labute approximate surface area is 199 Å². The fraction of sp³-hybridized carbons (Fsp3) is 0.423. The third-order valence-corrected chi connectivity index (χ3v) is 6.95. The molecule has 0 unspecified atom stereocenters. The number of hydrogen-bond acceptors (Lipinski definition) is 4. The van der Waals surface area contributed by atoms with Crippen molar-refractivity contribution in [3.05, 3.63) is 66.2 Å². The van der Waals surface area contributed by atoms with Gasteiger partial charge in [-0.1, -0.05) is 48.5 Å². The second kappa shape index (κ2) is 10.2. The smallest absolute Gasteiger partial charge is 0.405 e. The summed E-state index contributed by atoms with van der Waals surface area (Å²) in [5.41, 5.74) is 0.393. The third-order valence-electron chi connectivity index (χ3n) is 6.95. The van der Waals surface area contributed by atoms with Crippen LogP contribution in [0.3, 0.4) is 0 Å². The minimum Gasteiger partial charge on any atom is -0.494 e. The minimum atomic E-state index is -1.26. The predicted molar refractivity (Wildman–Crippen MR) is 127 cm³/mol. The second-order valence-corrected chi connectivity index (χ2v) is 9.12. The predicted octanol–water partition coefficient (Wildman–Crippen LogP) is 2.96. The topological polar surface area (TPSA) is 99.2 Å². The van der Waals surface area contributed by atoms with Gasteiger partial charge in [-0.2, -0.15) is 0 Å². The molecule has 2 aliphatic heterocycles. The van der Waals surface area contributed by atoms with Gasteiger partial charge in [-0.3, -0.25) is 9.59 Å². The molecule has 4 rings (SSSR count). The van der Waals surface area contributed by atoms with E-state index in [1.54, 1.807) is 9.80 Å². The quantitative estimate of drug-likeness (QED) is 0.655. The molecule has 8 nitrogen and oxygen atoms in total. The highest BCUT2D eigenvalue weighted by Crippen LogP contribution is 2.49. The Kier molecular flexibility index (Phi) is 7.05. The molecule has 0 aliphatic carbocycles. The molecule has 0 saturated carbocycles. The molecule has 2 aromatic carbocycles. The molecular formula is C26H31N3O5. The van der Waals surface area contributed by atoms with Crippen LogP contribution in [0.4, 0.5) is 4.79 Å². The van der Waals surface area contributed by atoms with Crippen molar-refractivity contribution in [2.24, 2.45) is 5.41 Å². The first-order chi connectivity index (χ1) is 16.4. The number of carbonyl (C=O) groups is 3. The largest absolute Gasteiger partial charge is 0.494 e. The Morgan fingerprint density at radius 2 is 1.82 bits per heavy atom. The number of likely N-dealkylation sites (tertiary alicyclic amines) is 2. The van der Waals surface area contributed by atoms with Crippen LogP contribution in [-0.2, 0) is 9.59 Å². The molecule has 2 aliphatic rings. The fourth-order valence-corrected chi connectivity index (χ4v) is 5.34. The molecule has 3 amide bonds. The number of rotatable bonds is 7. The zero-order chi connectivity index (χ0) is 24.1. The summed E-state index contributed by atoms with van der Waals surface area (Å²) in [5, 5.41) is 11.7. The number of amides is 3. The molecule has 2 fully saturated rings. The van der Waals surface area contributed by atoms with Crippen molar-refractivity contribution in [3.8, 4) is 5.75 Å². The average Bonchev–Trinajstić information content (AvgIpc) is 3.08. The maximum absolute atomic E-state index is 13.5. The van der Waals surface area contributed by atoms with Crippen LogP contribution in [-0.4, -0.2) is 72.1 Å². The van der Waals surface area contributed by atoms with E-state index < -0.39 is 17.6 Å². The summed E-state index contributed by atoms with van der Waals surface area (Å²) in [6.07, 6.45) is 0.325. The minimum absolute atomic E-state index is 0.0194. The van der Waals surface area contributed by atoms with Gasteiger partial charge < -0.3 is 25.0 Å². The number of piperidine rings is 1. The molecule has 180 valence electrons. The van der Waals surface area contributed by atoms with Crippen LogP contribution < -0.4 is 10.1 Å². The zero-order valence-corrected chi connectivity index (χ0v) is 19.4.